The third-order valence-electron chi connectivity index (χ3n) is 5.65. The summed E-state index contributed by atoms with van der Waals surface area (Å²) in [4.78, 5) is 35.8. The van der Waals surface area contributed by atoms with Crippen molar-refractivity contribution < 1.29 is 46.9 Å². The molecule has 0 aromatic carbocycles. The van der Waals surface area contributed by atoms with Crippen LogP contribution < -0.4 is 0 Å². The van der Waals surface area contributed by atoms with E-state index in [0.717, 1.165) is 0 Å². The second-order valence-electron chi connectivity index (χ2n) is 10.8. The Kier molecular flexibility index (Phi) is 10.8. The maximum absolute atomic E-state index is 13.6. The van der Waals surface area contributed by atoms with E-state index in [1.54, 1.807) is 41.5 Å². The molecule has 5 atom stereocenters. The Balaban J connectivity index is 3.04. The van der Waals surface area contributed by atoms with Crippen molar-refractivity contribution in [1.29, 1.82) is 0 Å². The van der Waals surface area contributed by atoms with Gasteiger partial charge in [-0.2, -0.15) is 0 Å². The Morgan fingerprint density at radius 1 is 0.824 bits per heavy atom. The topological polar surface area (TPSA) is 124 Å². The summed E-state index contributed by atoms with van der Waals surface area (Å²) in [6, 6.07) is 0. The summed E-state index contributed by atoms with van der Waals surface area (Å²) in [6.45, 7) is 15.8. The molecule has 1 fully saturated rings. The van der Waals surface area contributed by atoms with Crippen LogP contribution in [0.4, 0.5) is 0 Å². The van der Waals surface area contributed by atoms with Gasteiger partial charge in [-0.05, 0) is 54.4 Å². The number of ether oxygens (including phenoxy) is 4. The second-order valence-corrected chi connectivity index (χ2v) is 12.9. The van der Waals surface area contributed by atoms with E-state index in [1.165, 1.54) is 6.92 Å². The molecule has 0 amide bonds. The molecule has 0 bridgehead atoms. The third kappa shape index (κ3) is 9.29. The van der Waals surface area contributed by atoms with Crippen LogP contribution in [-0.4, -0.2) is 56.0 Å². The molecule has 11 heteroatoms. The summed E-state index contributed by atoms with van der Waals surface area (Å²) in [5.74, 6) is -1.63. The van der Waals surface area contributed by atoms with Crippen LogP contribution >= 0.6 is 7.60 Å². The molecule has 0 aliphatic carbocycles. The van der Waals surface area contributed by atoms with Crippen LogP contribution in [0.2, 0.25) is 0 Å². The lowest BCUT2D eigenvalue weighted by molar-refractivity contribution is -0.187. The molecule has 34 heavy (non-hydrogen) atoms. The Hall–Kier alpha value is -1.48. The normalized spacial score (nSPS) is 26.0. The van der Waals surface area contributed by atoms with Gasteiger partial charge in [0.15, 0.2) is 0 Å². The lowest BCUT2D eigenvalue weighted by Crippen LogP contribution is -2.51. The first-order chi connectivity index (χ1) is 15.4. The zero-order valence-electron chi connectivity index (χ0n) is 22.0. The molecule has 1 saturated heterocycles. The van der Waals surface area contributed by atoms with Crippen molar-refractivity contribution in [3.63, 3.8) is 0 Å². The number of carbonyl (C=O) groups excluding carboxylic acids is 3. The van der Waals surface area contributed by atoms with Gasteiger partial charge in [-0.1, -0.05) is 13.8 Å². The average Bonchev–Trinajstić information content (AvgIpc) is 2.67. The van der Waals surface area contributed by atoms with Gasteiger partial charge in [-0.25, -0.2) is 0 Å². The van der Waals surface area contributed by atoms with Crippen LogP contribution in [0, 0.1) is 22.7 Å². The second kappa shape index (κ2) is 12.0. The summed E-state index contributed by atoms with van der Waals surface area (Å²) < 4.78 is 46.1. The lowest BCUT2D eigenvalue weighted by Gasteiger charge is -2.43. The van der Waals surface area contributed by atoms with Gasteiger partial charge in [0.2, 0.25) is 13.6 Å². The number of carbonyl (C=O) groups is 3. The first-order valence-electron chi connectivity index (χ1n) is 11.4. The Morgan fingerprint density at radius 3 is 1.65 bits per heavy atom. The highest BCUT2D eigenvalue weighted by Gasteiger charge is 2.46. The van der Waals surface area contributed by atoms with Crippen molar-refractivity contribution in [2.24, 2.45) is 22.7 Å². The molecule has 10 nitrogen and oxygen atoms in total. The van der Waals surface area contributed by atoms with Crippen LogP contribution in [-0.2, 0) is 46.9 Å². The van der Waals surface area contributed by atoms with Crippen molar-refractivity contribution in [3.05, 3.63) is 0 Å². The maximum atomic E-state index is 13.6. The van der Waals surface area contributed by atoms with Gasteiger partial charge in [0.1, 0.15) is 12.2 Å². The molecule has 0 spiro atoms. The number of esters is 3. The van der Waals surface area contributed by atoms with Crippen LogP contribution in [0.25, 0.3) is 0 Å². The molecule has 0 radical (unpaired) electrons. The van der Waals surface area contributed by atoms with Gasteiger partial charge < -0.3 is 18.9 Å². The molecule has 0 N–H and O–H groups in total. The van der Waals surface area contributed by atoms with Gasteiger partial charge in [0.25, 0.3) is 0 Å². The van der Waals surface area contributed by atoms with Crippen LogP contribution in [0.1, 0.15) is 69.2 Å². The molecular weight excluding hydrogens is 467 g/mol. The predicted molar refractivity (Wildman–Crippen MR) is 124 cm³/mol. The molecule has 198 valence electrons. The fraction of sp³-hybridized carbons (Fsp3) is 0.870. The number of hydrogen-bond acceptors (Lipinski definition) is 10. The van der Waals surface area contributed by atoms with Crippen molar-refractivity contribution in [3.8, 4) is 0 Å². The lowest BCUT2D eigenvalue weighted by atomic mass is 9.82. The van der Waals surface area contributed by atoms with Crippen LogP contribution in [0.3, 0.4) is 0 Å². The van der Waals surface area contributed by atoms with Gasteiger partial charge >= 0.3 is 25.5 Å². The standard InChI is InChI=1S/C23H41O10P/c1-14-15(2)19(33-17(4)24)18(32-16(14)3)11-34(27,30-12-28-20(25)22(5,6)7)31-13-29-21(26)23(8,9)10/h14-16,18-19H,11-13H2,1-10H3/t14-,15+,16-,18-,19-/m0/s1. The summed E-state index contributed by atoms with van der Waals surface area (Å²) in [6.07, 6.45) is -2.02. The van der Waals surface area contributed by atoms with Crippen molar-refractivity contribution >= 4 is 25.5 Å². The monoisotopic (exact) mass is 508 g/mol. The molecule has 1 aliphatic heterocycles. The Morgan fingerprint density at radius 2 is 1.26 bits per heavy atom. The minimum Gasteiger partial charge on any atom is -0.459 e. The van der Waals surface area contributed by atoms with E-state index >= 15 is 0 Å². The minimum absolute atomic E-state index is 0.0716. The number of rotatable bonds is 9. The fourth-order valence-corrected chi connectivity index (χ4v) is 4.63. The first-order valence-corrected chi connectivity index (χ1v) is 13.2. The molecular formula is C23H41O10P. The van der Waals surface area contributed by atoms with E-state index in [4.69, 9.17) is 28.0 Å². The summed E-state index contributed by atoms with van der Waals surface area (Å²) >= 11 is 0. The van der Waals surface area contributed by atoms with E-state index in [-0.39, 0.29) is 24.1 Å². The molecule has 0 unspecified atom stereocenters. The van der Waals surface area contributed by atoms with Crippen molar-refractivity contribution in [1.82, 2.24) is 0 Å². The zero-order valence-corrected chi connectivity index (χ0v) is 22.9. The molecule has 1 heterocycles. The van der Waals surface area contributed by atoms with Crippen LogP contribution in [0.15, 0.2) is 0 Å². The Bertz CT molecular complexity index is 731. The van der Waals surface area contributed by atoms with Gasteiger partial charge in [0.05, 0.1) is 23.1 Å². The van der Waals surface area contributed by atoms with E-state index in [9.17, 15) is 18.9 Å². The van der Waals surface area contributed by atoms with E-state index in [2.05, 4.69) is 0 Å². The summed E-state index contributed by atoms with van der Waals surface area (Å²) in [5.41, 5.74) is -1.57. The van der Waals surface area contributed by atoms with Gasteiger partial charge in [-0.15, -0.1) is 0 Å². The Labute approximate surface area is 202 Å². The summed E-state index contributed by atoms with van der Waals surface area (Å²) in [5, 5.41) is 0. The summed E-state index contributed by atoms with van der Waals surface area (Å²) in [7, 11) is -4.03. The molecule has 1 rings (SSSR count). The fourth-order valence-electron chi connectivity index (χ4n) is 3.18. The third-order valence-corrected chi connectivity index (χ3v) is 7.46. The highest BCUT2D eigenvalue weighted by atomic mass is 31.2. The highest BCUT2D eigenvalue weighted by Crippen LogP contribution is 2.51. The largest absolute Gasteiger partial charge is 0.459 e. The molecule has 0 aromatic rings. The quantitative estimate of drug-likeness (QED) is 0.193. The van der Waals surface area contributed by atoms with Crippen molar-refractivity contribution in [2.75, 3.05) is 19.7 Å². The zero-order chi connectivity index (χ0) is 26.5. The number of hydrogen-bond donors (Lipinski definition) is 0. The minimum atomic E-state index is -4.03. The smallest absolute Gasteiger partial charge is 0.339 e. The first kappa shape index (κ1) is 30.6. The molecule has 0 saturated carbocycles. The average molecular weight is 509 g/mol. The van der Waals surface area contributed by atoms with Crippen molar-refractivity contribution in [2.45, 2.75) is 87.5 Å². The molecule has 1 aliphatic rings. The van der Waals surface area contributed by atoms with E-state index < -0.39 is 62.1 Å². The molecule has 0 aromatic heterocycles. The predicted octanol–water partition coefficient (Wildman–Crippen LogP) is 4.30. The van der Waals surface area contributed by atoms with E-state index in [1.807, 2.05) is 20.8 Å². The van der Waals surface area contributed by atoms with Gasteiger partial charge in [0, 0.05) is 12.8 Å². The highest BCUT2D eigenvalue weighted by molar-refractivity contribution is 7.53. The van der Waals surface area contributed by atoms with Crippen LogP contribution in [0.5, 0.6) is 0 Å². The van der Waals surface area contributed by atoms with Gasteiger partial charge in [-0.3, -0.25) is 28.0 Å². The maximum Gasteiger partial charge on any atom is 0.339 e. The van der Waals surface area contributed by atoms with E-state index in [0.29, 0.717) is 0 Å². The SMILES string of the molecule is CC(=O)O[C@H]1[C@H](C)[C@H](C)[C@H](C)O[C@H]1CP(=O)(OCOC(=O)C(C)(C)C)OCOC(=O)C(C)(C)C.